The molecule has 1 aromatic carbocycles. The van der Waals surface area contributed by atoms with Gasteiger partial charge in [0.05, 0.1) is 16.3 Å². The van der Waals surface area contributed by atoms with E-state index in [2.05, 4.69) is 5.32 Å². The first kappa shape index (κ1) is 18.1. The monoisotopic (exact) mass is 368 g/mol. The number of aromatic nitrogens is 1. The number of pyridine rings is 1. The highest BCUT2D eigenvalue weighted by molar-refractivity contribution is 6.34. The molecule has 9 heteroatoms. The van der Waals surface area contributed by atoms with E-state index in [9.17, 15) is 24.5 Å². The number of nitrogens with one attached hydrogen (secondary N) is 1. The van der Waals surface area contributed by atoms with Gasteiger partial charge in [0.15, 0.2) is 11.7 Å². The van der Waals surface area contributed by atoms with Crippen molar-refractivity contribution in [2.45, 2.75) is 13.3 Å². The van der Waals surface area contributed by atoms with Crippen molar-refractivity contribution in [2.75, 3.05) is 16.8 Å². The van der Waals surface area contributed by atoms with Gasteiger partial charge in [-0.05, 0) is 12.5 Å². The van der Waals surface area contributed by atoms with Crippen LogP contribution < -0.4 is 15.6 Å². The second kappa shape index (κ2) is 7.24. The fourth-order valence-corrected chi connectivity index (χ4v) is 2.85. The maximum Gasteiger partial charge on any atom is 0.295 e. The summed E-state index contributed by atoms with van der Waals surface area (Å²) in [4.78, 5) is 46.7. The van der Waals surface area contributed by atoms with Gasteiger partial charge < -0.3 is 14.8 Å². The first-order valence-corrected chi connectivity index (χ1v) is 8.20. The van der Waals surface area contributed by atoms with E-state index in [1.165, 1.54) is 41.4 Å². The number of allylic oxidation sites excluding steroid dienone is 1. The van der Waals surface area contributed by atoms with Gasteiger partial charge in [0.25, 0.3) is 5.69 Å². The van der Waals surface area contributed by atoms with Crippen LogP contribution in [0.1, 0.15) is 13.3 Å². The molecule has 1 aliphatic rings. The predicted molar refractivity (Wildman–Crippen MR) is 99.1 cm³/mol. The lowest BCUT2D eigenvalue weighted by molar-refractivity contribution is -0.384. The van der Waals surface area contributed by atoms with Gasteiger partial charge in [-0.25, -0.2) is 0 Å². The number of rotatable bonds is 6. The Morgan fingerprint density at radius 2 is 1.96 bits per heavy atom. The molecular formula is C18H16N4O5. The van der Waals surface area contributed by atoms with Gasteiger partial charge in [-0.15, -0.1) is 0 Å². The van der Waals surface area contributed by atoms with Crippen molar-refractivity contribution in [2.24, 2.45) is 0 Å². The number of fused-ring (bicyclic) bond motifs is 1. The summed E-state index contributed by atoms with van der Waals surface area (Å²) >= 11 is 0. The molecule has 0 radical (unpaired) electrons. The van der Waals surface area contributed by atoms with Crippen molar-refractivity contribution in [1.82, 2.24) is 4.57 Å². The highest BCUT2D eigenvalue weighted by atomic mass is 16.6. The molecule has 3 rings (SSSR count). The van der Waals surface area contributed by atoms with Gasteiger partial charge in [0.1, 0.15) is 11.4 Å². The summed E-state index contributed by atoms with van der Waals surface area (Å²) in [5.74, 6) is -0.742. The van der Waals surface area contributed by atoms with E-state index >= 15 is 0 Å². The standard InChI is InChI=1S/C18H16N4O5/c1-2-5-21-10-14(18(25)11-23)19-13-8-17(22(26)27)16(9-15(13)21)20-6-3-12(24)4-7-20/h3-4,6-11,19H,2,5H2,1H3. The lowest BCUT2D eigenvalue weighted by Crippen LogP contribution is -2.28. The third-order valence-corrected chi connectivity index (χ3v) is 4.07. The molecule has 2 aromatic rings. The third-order valence-electron chi connectivity index (χ3n) is 4.07. The van der Waals surface area contributed by atoms with Gasteiger partial charge in [-0.2, -0.15) is 0 Å². The van der Waals surface area contributed by atoms with Crippen LogP contribution in [0.15, 0.2) is 53.4 Å². The fraction of sp³-hybridized carbons (Fsp3) is 0.167. The molecule has 0 fully saturated rings. The number of nitrogens with zero attached hydrogens (tertiary/aromatic N) is 3. The summed E-state index contributed by atoms with van der Waals surface area (Å²) in [6, 6.07) is 5.55. The van der Waals surface area contributed by atoms with Gasteiger partial charge in [-0.1, -0.05) is 6.92 Å². The Hall–Kier alpha value is -3.75. The van der Waals surface area contributed by atoms with Gasteiger partial charge in [0.2, 0.25) is 5.78 Å². The number of hydrogen-bond acceptors (Lipinski definition) is 7. The number of Topliss-reactive ketones (excluding diaryl/α,β-unsaturated/α-hetero) is 1. The Labute approximate surface area is 153 Å². The van der Waals surface area contributed by atoms with Crippen LogP contribution in [0.4, 0.5) is 17.1 Å². The van der Waals surface area contributed by atoms with Crippen molar-refractivity contribution in [1.29, 1.82) is 0 Å². The number of hydrogen-bond donors (Lipinski definition) is 1. The Morgan fingerprint density at radius 1 is 1.26 bits per heavy atom. The Bertz CT molecular complexity index is 1000. The number of benzene rings is 1. The molecule has 0 bridgehead atoms. The van der Waals surface area contributed by atoms with Gasteiger partial charge in [0, 0.05) is 43.3 Å². The molecule has 0 amide bonds. The van der Waals surface area contributed by atoms with Crippen molar-refractivity contribution < 1.29 is 14.5 Å². The van der Waals surface area contributed by atoms with E-state index in [0.717, 1.165) is 6.42 Å². The molecular weight excluding hydrogens is 352 g/mol. The smallest absolute Gasteiger partial charge is 0.295 e. The molecule has 2 heterocycles. The average Bonchev–Trinajstić information content (AvgIpc) is 2.67. The lowest BCUT2D eigenvalue weighted by atomic mass is 10.1. The minimum absolute atomic E-state index is 0.0522. The molecule has 0 spiro atoms. The summed E-state index contributed by atoms with van der Waals surface area (Å²) in [7, 11) is 0. The summed E-state index contributed by atoms with van der Waals surface area (Å²) in [6.45, 7) is 2.50. The Morgan fingerprint density at radius 3 is 2.56 bits per heavy atom. The zero-order chi connectivity index (χ0) is 19.6. The number of nitro benzene ring substituents is 1. The number of ketones is 1. The molecule has 1 aliphatic heterocycles. The molecule has 0 saturated carbocycles. The van der Waals surface area contributed by atoms with Gasteiger partial charge >= 0.3 is 0 Å². The maximum atomic E-state index is 11.8. The van der Waals surface area contributed by atoms with Crippen molar-refractivity contribution in [3.63, 3.8) is 0 Å². The van der Waals surface area contributed by atoms with Crippen LogP contribution in [0.3, 0.4) is 0 Å². The number of anilines is 2. The van der Waals surface area contributed by atoms with Crippen LogP contribution in [0.5, 0.6) is 0 Å². The van der Waals surface area contributed by atoms with Crippen LogP contribution in [0.25, 0.3) is 5.69 Å². The molecule has 0 aliphatic carbocycles. The highest BCUT2D eigenvalue weighted by Crippen LogP contribution is 2.39. The minimum Gasteiger partial charge on any atom is -0.349 e. The van der Waals surface area contributed by atoms with Crippen LogP contribution in [-0.4, -0.2) is 28.1 Å². The summed E-state index contributed by atoms with van der Waals surface area (Å²) in [5.41, 5.74) is 0.894. The third kappa shape index (κ3) is 3.47. The van der Waals surface area contributed by atoms with Crippen LogP contribution in [0, 0.1) is 10.1 Å². The van der Waals surface area contributed by atoms with E-state index in [1.807, 2.05) is 6.92 Å². The van der Waals surface area contributed by atoms with E-state index in [0.29, 0.717) is 17.9 Å². The Balaban J connectivity index is 2.19. The average molecular weight is 368 g/mol. The van der Waals surface area contributed by atoms with Crippen LogP contribution in [0.2, 0.25) is 0 Å². The van der Waals surface area contributed by atoms with E-state index in [1.54, 1.807) is 11.0 Å². The first-order chi connectivity index (χ1) is 12.9. The SMILES string of the molecule is CCCN1C=C(C(=O)C=O)Nc2cc([N+](=O)[O-])c(-n3ccc(=O)cc3)cc21. The lowest BCUT2D eigenvalue weighted by Gasteiger charge is -2.29. The zero-order valence-electron chi connectivity index (χ0n) is 14.4. The second-order valence-corrected chi connectivity index (χ2v) is 5.90. The molecule has 0 atom stereocenters. The molecule has 1 N–H and O–H groups in total. The number of nitro groups is 1. The topological polar surface area (TPSA) is 115 Å². The minimum atomic E-state index is -0.742. The summed E-state index contributed by atoms with van der Waals surface area (Å²) in [5, 5.41) is 14.4. The molecule has 0 saturated heterocycles. The number of aldehydes is 1. The van der Waals surface area contributed by atoms with Crippen molar-refractivity contribution in [3.8, 4) is 5.69 Å². The van der Waals surface area contributed by atoms with Crippen LogP contribution in [-0.2, 0) is 9.59 Å². The molecule has 0 unspecified atom stereocenters. The quantitative estimate of drug-likeness (QED) is 0.359. The number of carbonyl (C=O) groups is 2. The zero-order valence-corrected chi connectivity index (χ0v) is 14.4. The molecule has 27 heavy (non-hydrogen) atoms. The summed E-state index contributed by atoms with van der Waals surface area (Å²) in [6.07, 6.45) is 5.37. The van der Waals surface area contributed by atoms with E-state index in [4.69, 9.17) is 0 Å². The fourth-order valence-electron chi connectivity index (χ4n) is 2.85. The molecule has 9 nitrogen and oxygen atoms in total. The maximum absolute atomic E-state index is 11.8. The molecule has 1 aromatic heterocycles. The summed E-state index contributed by atoms with van der Waals surface area (Å²) < 4.78 is 1.49. The first-order valence-electron chi connectivity index (χ1n) is 8.20. The van der Waals surface area contributed by atoms with Gasteiger partial charge in [-0.3, -0.25) is 24.5 Å². The van der Waals surface area contributed by atoms with Crippen molar-refractivity contribution in [3.05, 3.63) is 68.9 Å². The molecule has 138 valence electrons. The second-order valence-electron chi connectivity index (χ2n) is 5.90. The number of carbonyl (C=O) groups excluding carboxylic acids is 2. The van der Waals surface area contributed by atoms with E-state index in [-0.39, 0.29) is 28.8 Å². The highest BCUT2D eigenvalue weighted by Gasteiger charge is 2.26. The normalized spacial score (nSPS) is 12.6. The van der Waals surface area contributed by atoms with E-state index < -0.39 is 10.7 Å². The van der Waals surface area contributed by atoms with Crippen LogP contribution >= 0.6 is 0 Å². The largest absolute Gasteiger partial charge is 0.349 e. The predicted octanol–water partition coefficient (Wildman–Crippen LogP) is 2.00. The Kier molecular flexibility index (Phi) is 4.84. The van der Waals surface area contributed by atoms with Crippen molar-refractivity contribution >= 4 is 29.1 Å².